The molecule has 0 fully saturated rings. The van der Waals surface area contributed by atoms with Crippen molar-refractivity contribution in [3.8, 4) is 5.88 Å². The molecule has 0 aliphatic carbocycles. The number of hydrogen-bond acceptors (Lipinski definition) is 8. The van der Waals surface area contributed by atoms with Gasteiger partial charge in [0.1, 0.15) is 0 Å². The van der Waals surface area contributed by atoms with Crippen molar-refractivity contribution in [2.24, 2.45) is 0 Å². The summed E-state index contributed by atoms with van der Waals surface area (Å²) in [5.74, 6) is 0.454. The number of aryl methyl sites for hydroxylation is 1. The summed E-state index contributed by atoms with van der Waals surface area (Å²) >= 11 is 5.98. The first-order chi connectivity index (χ1) is 19.2. The summed E-state index contributed by atoms with van der Waals surface area (Å²) in [6, 6.07) is 12.6. The van der Waals surface area contributed by atoms with Gasteiger partial charge in [0.05, 0.1) is 19.9 Å². The number of nitrogens with zero attached hydrogens (tertiary/aromatic N) is 4. The molecule has 3 rings (SSSR count). The van der Waals surface area contributed by atoms with Gasteiger partial charge in [-0.05, 0) is 62.8 Å². The molecular weight excluding hydrogens is 534 g/mol. The largest absolute Gasteiger partial charge is 0.469 e. The van der Waals surface area contributed by atoms with E-state index in [1.54, 1.807) is 50.3 Å². The number of hydrogen-bond donors (Lipinski definition) is 1. The lowest BCUT2D eigenvalue weighted by Gasteiger charge is -2.15. The van der Waals surface area contributed by atoms with E-state index in [-0.39, 0.29) is 25.0 Å². The van der Waals surface area contributed by atoms with Crippen LogP contribution in [0.15, 0.2) is 88.3 Å². The van der Waals surface area contributed by atoms with E-state index in [1.165, 1.54) is 17.9 Å². The van der Waals surface area contributed by atoms with Crippen molar-refractivity contribution in [3.05, 3.63) is 116 Å². The van der Waals surface area contributed by atoms with Crippen LogP contribution in [0.4, 0.5) is 5.95 Å². The number of carbonyl (C=O) groups is 1. The van der Waals surface area contributed by atoms with Crippen molar-refractivity contribution >= 4 is 23.5 Å². The van der Waals surface area contributed by atoms with E-state index in [1.807, 2.05) is 44.2 Å². The van der Waals surface area contributed by atoms with Crippen molar-refractivity contribution in [1.29, 1.82) is 0 Å². The molecule has 0 spiro atoms. The lowest BCUT2D eigenvalue weighted by molar-refractivity contribution is -0.140. The fraction of sp³-hybridized carbons (Fsp3) is 0.276. The van der Waals surface area contributed by atoms with Crippen LogP contribution in [0.2, 0.25) is 5.02 Å². The molecular formula is C29H34ClN5O5. The Morgan fingerprint density at radius 2 is 1.80 bits per heavy atom. The van der Waals surface area contributed by atoms with Crippen LogP contribution in [0.25, 0.3) is 0 Å². The van der Waals surface area contributed by atoms with Crippen molar-refractivity contribution < 1.29 is 14.3 Å². The Labute approximate surface area is 238 Å². The van der Waals surface area contributed by atoms with Gasteiger partial charge in [-0.3, -0.25) is 9.36 Å². The van der Waals surface area contributed by atoms with Gasteiger partial charge in [-0.25, -0.2) is 19.1 Å². The number of anilines is 1. The third kappa shape index (κ3) is 10.0. The molecule has 0 aliphatic rings. The second-order valence-corrected chi connectivity index (χ2v) is 8.63. The lowest BCUT2D eigenvalue weighted by Crippen LogP contribution is -2.42. The molecule has 0 saturated carbocycles. The molecule has 10 nitrogen and oxygen atoms in total. The van der Waals surface area contributed by atoms with Crippen LogP contribution < -0.4 is 21.4 Å². The number of pyridine rings is 1. The molecule has 2 heterocycles. The molecule has 0 bridgehead atoms. The number of benzene rings is 1. The zero-order valence-electron chi connectivity index (χ0n) is 23.3. The SMILES string of the molecule is CCC(=O)OC.C\C=C/C(=C\C=C\Oc1cccc(C)n1)Nc1nc(=O)n(CC)c(=O)n1Cc1ccc(Cl)cc1. The van der Waals surface area contributed by atoms with Crippen LogP contribution in [0, 0.1) is 6.92 Å². The quantitative estimate of drug-likeness (QED) is 0.210. The van der Waals surface area contributed by atoms with Crippen LogP contribution in [0.3, 0.4) is 0 Å². The summed E-state index contributed by atoms with van der Waals surface area (Å²) in [5.41, 5.74) is 1.22. The minimum Gasteiger partial charge on any atom is -0.469 e. The van der Waals surface area contributed by atoms with Gasteiger partial charge in [-0.15, -0.1) is 0 Å². The van der Waals surface area contributed by atoms with Crippen LogP contribution in [0.1, 0.15) is 38.4 Å². The predicted octanol–water partition coefficient (Wildman–Crippen LogP) is 4.86. The predicted molar refractivity (Wildman–Crippen MR) is 157 cm³/mol. The summed E-state index contributed by atoms with van der Waals surface area (Å²) < 4.78 is 12.3. The first-order valence-electron chi connectivity index (χ1n) is 12.6. The number of methoxy groups -OCH3 is 1. The Balaban J connectivity index is 0.000000840. The topological polar surface area (TPSA) is 117 Å². The number of rotatable bonds is 10. The molecule has 0 radical (unpaired) electrons. The molecule has 0 aliphatic heterocycles. The smallest absolute Gasteiger partial charge is 0.354 e. The summed E-state index contributed by atoms with van der Waals surface area (Å²) in [4.78, 5) is 43.8. The second-order valence-electron chi connectivity index (χ2n) is 8.20. The highest BCUT2D eigenvalue weighted by Gasteiger charge is 2.13. The van der Waals surface area contributed by atoms with Crippen molar-refractivity contribution in [3.63, 3.8) is 0 Å². The van der Waals surface area contributed by atoms with Crippen LogP contribution in [-0.2, 0) is 22.6 Å². The molecule has 0 amide bonds. The van der Waals surface area contributed by atoms with Crippen LogP contribution in [-0.4, -0.2) is 32.2 Å². The molecule has 212 valence electrons. The monoisotopic (exact) mass is 567 g/mol. The zero-order chi connectivity index (χ0) is 29.5. The molecule has 1 N–H and O–H groups in total. The standard InChI is InChI=1S/C25H26ClN5O3.C4H8O2/c1-4-8-21(10-7-16-34-22-11-6-9-18(3)27-22)28-23-29-24(32)30(5-2)25(33)31(23)17-19-12-14-20(26)15-13-19;1-3-4(5)6-2/h4,6-16H,5,17H2,1-3H3,(H,28,29,32);3H2,1-2H3/b8-4-,16-7+,21-10+;. The first kappa shape index (κ1) is 31.8. The van der Waals surface area contributed by atoms with Crippen LogP contribution in [0.5, 0.6) is 5.88 Å². The average Bonchev–Trinajstić information content (AvgIpc) is 2.94. The van der Waals surface area contributed by atoms with E-state index in [0.717, 1.165) is 15.8 Å². The Bertz CT molecular complexity index is 1470. The minimum absolute atomic E-state index is 0.133. The summed E-state index contributed by atoms with van der Waals surface area (Å²) in [5, 5.41) is 3.68. The highest BCUT2D eigenvalue weighted by atomic mass is 35.5. The van der Waals surface area contributed by atoms with Gasteiger partial charge in [-0.2, -0.15) is 4.98 Å². The van der Waals surface area contributed by atoms with Crippen LogP contribution >= 0.6 is 11.6 Å². The van der Waals surface area contributed by atoms with E-state index in [0.29, 0.717) is 23.0 Å². The van der Waals surface area contributed by atoms with Crippen molar-refractivity contribution in [2.45, 2.75) is 47.2 Å². The number of esters is 1. The van der Waals surface area contributed by atoms with Gasteiger partial charge in [0.25, 0.3) is 0 Å². The van der Waals surface area contributed by atoms with Gasteiger partial charge in [0, 0.05) is 35.4 Å². The maximum atomic E-state index is 13.0. The first-order valence-corrected chi connectivity index (χ1v) is 13.0. The summed E-state index contributed by atoms with van der Waals surface area (Å²) in [7, 11) is 1.38. The maximum Gasteiger partial charge on any atom is 0.354 e. The molecule has 0 saturated heterocycles. The van der Waals surface area contributed by atoms with Crippen molar-refractivity contribution in [2.75, 3.05) is 12.4 Å². The van der Waals surface area contributed by atoms with Gasteiger partial charge < -0.3 is 14.8 Å². The highest BCUT2D eigenvalue weighted by molar-refractivity contribution is 6.30. The Morgan fingerprint density at radius 3 is 2.38 bits per heavy atom. The lowest BCUT2D eigenvalue weighted by atomic mass is 10.2. The maximum absolute atomic E-state index is 13.0. The highest BCUT2D eigenvalue weighted by Crippen LogP contribution is 2.13. The Hall–Kier alpha value is -4.44. The minimum atomic E-state index is -0.619. The van der Waals surface area contributed by atoms with E-state index >= 15 is 0 Å². The second kappa shape index (κ2) is 16.5. The average molecular weight is 568 g/mol. The Kier molecular flexibility index (Phi) is 13.1. The third-order valence-electron chi connectivity index (χ3n) is 5.24. The molecule has 3 aromatic rings. The number of halogens is 1. The molecule has 1 aromatic carbocycles. The third-order valence-corrected chi connectivity index (χ3v) is 5.50. The fourth-order valence-corrected chi connectivity index (χ4v) is 3.36. The number of aromatic nitrogens is 4. The fourth-order valence-electron chi connectivity index (χ4n) is 3.24. The van der Waals surface area contributed by atoms with E-state index < -0.39 is 11.4 Å². The van der Waals surface area contributed by atoms with Gasteiger partial charge in [0.15, 0.2) is 0 Å². The number of carbonyl (C=O) groups excluding carboxylic acids is 1. The number of nitrogens with one attached hydrogen (secondary N) is 1. The molecule has 0 unspecified atom stereocenters. The molecule has 2 aromatic heterocycles. The Morgan fingerprint density at radius 1 is 1.07 bits per heavy atom. The van der Waals surface area contributed by atoms with E-state index in [2.05, 4.69) is 20.0 Å². The normalized spacial score (nSPS) is 11.3. The van der Waals surface area contributed by atoms with Gasteiger partial charge in [0.2, 0.25) is 11.8 Å². The molecule has 11 heteroatoms. The zero-order valence-corrected chi connectivity index (χ0v) is 24.0. The van der Waals surface area contributed by atoms with Gasteiger partial charge >= 0.3 is 17.3 Å². The van der Waals surface area contributed by atoms with E-state index in [4.69, 9.17) is 16.3 Å². The van der Waals surface area contributed by atoms with E-state index in [9.17, 15) is 14.4 Å². The summed E-state index contributed by atoms with van der Waals surface area (Å²) in [6.45, 7) is 7.65. The van der Waals surface area contributed by atoms with Crippen molar-refractivity contribution in [1.82, 2.24) is 19.1 Å². The summed E-state index contributed by atoms with van der Waals surface area (Å²) in [6.07, 6.45) is 9.00. The number of allylic oxidation sites excluding steroid dienone is 4. The van der Waals surface area contributed by atoms with Gasteiger partial charge in [-0.1, -0.05) is 42.8 Å². The molecule has 40 heavy (non-hydrogen) atoms. The molecule has 0 atom stereocenters. The number of ether oxygens (including phenoxy) is 2.